The van der Waals surface area contributed by atoms with Crippen molar-refractivity contribution < 1.29 is 23.4 Å². The number of aliphatic hydroxyl groups is 1. The lowest BCUT2D eigenvalue weighted by atomic mass is 10.0. The minimum Gasteiger partial charge on any atom is -0.387 e. The van der Waals surface area contributed by atoms with E-state index in [1.165, 1.54) is 20.0 Å². The summed E-state index contributed by atoms with van der Waals surface area (Å²) >= 11 is 0. The van der Waals surface area contributed by atoms with Gasteiger partial charge in [0.05, 0.1) is 48.3 Å². The van der Waals surface area contributed by atoms with Gasteiger partial charge in [-0.15, -0.1) is 0 Å². The highest BCUT2D eigenvalue weighted by Gasteiger charge is 2.28. The van der Waals surface area contributed by atoms with Crippen LogP contribution in [0, 0.1) is 5.82 Å². The predicted molar refractivity (Wildman–Crippen MR) is 134 cm³/mol. The molecule has 194 valence electrons. The molecule has 0 saturated carbocycles. The Hall–Kier alpha value is -3.31. The molecule has 0 spiro atoms. The Labute approximate surface area is 208 Å². The number of morpholine rings is 1. The molecule has 1 fully saturated rings. The lowest BCUT2D eigenvalue weighted by Gasteiger charge is -2.28. The van der Waals surface area contributed by atoms with E-state index >= 15 is 4.39 Å². The van der Waals surface area contributed by atoms with Gasteiger partial charge in [-0.05, 0) is 39.8 Å². The van der Waals surface area contributed by atoms with Gasteiger partial charge in [-0.1, -0.05) is 0 Å². The van der Waals surface area contributed by atoms with Crippen LogP contribution in [-0.4, -0.2) is 76.3 Å². The zero-order valence-electron chi connectivity index (χ0n) is 20.9. The topological polar surface area (TPSA) is 104 Å². The monoisotopic (exact) mass is 502 g/mol. The normalized spacial score (nSPS) is 15.4. The van der Waals surface area contributed by atoms with Gasteiger partial charge in [0.25, 0.3) is 5.91 Å². The Morgan fingerprint density at radius 3 is 2.69 bits per heavy atom. The van der Waals surface area contributed by atoms with Crippen molar-refractivity contribution in [1.29, 1.82) is 0 Å². The summed E-state index contributed by atoms with van der Waals surface area (Å²) in [7, 11) is 0. The molecule has 1 saturated heterocycles. The Balaban J connectivity index is 1.70. The zero-order valence-corrected chi connectivity index (χ0v) is 20.9. The second-order valence-electron chi connectivity index (χ2n) is 9.72. The highest BCUT2D eigenvalue weighted by atomic mass is 19.1. The molecule has 0 unspecified atom stereocenters. The number of carbonyl (C=O) groups excluding carboxylic acids is 1. The van der Waals surface area contributed by atoms with Gasteiger partial charge in [-0.25, -0.2) is 18.3 Å². The molecule has 1 aliphatic rings. The van der Waals surface area contributed by atoms with Gasteiger partial charge >= 0.3 is 0 Å². The van der Waals surface area contributed by atoms with Crippen molar-refractivity contribution in [2.75, 3.05) is 43.1 Å². The molecule has 0 aromatic carbocycles. The van der Waals surface area contributed by atoms with Crippen molar-refractivity contribution in [3.63, 3.8) is 0 Å². The summed E-state index contributed by atoms with van der Waals surface area (Å²) in [6, 6.07) is 3.33. The van der Waals surface area contributed by atoms with Crippen molar-refractivity contribution in [1.82, 2.24) is 19.9 Å². The summed E-state index contributed by atoms with van der Waals surface area (Å²) in [6.45, 7) is 8.31. The first-order chi connectivity index (χ1) is 17.1. The first kappa shape index (κ1) is 25.8. The minimum atomic E-state index is -1.64. The molecule has 1 aliphatic heterocycles. The molecule has 1 atom stereocenters. The highest BCUT2D eigenvalue weighted by molar-refractivity contribution is 6.03. The van der Waals surface area contributed by atoms with Crippen LogP contribution >= 0.6 is 0 Å². The number of hydrogen-bond donors (Lipinski definition) is 3. The average molecular weight is 503 g/mol. The highest BCUT2D eigenvalue weighted by Crippen LogP contribution is 2.33. The number of carbonyl (C=O) groups is 1. The van der Waals surface area contributed by atoms with Crippen LogP contribution in [0.2, 0.25) is 0 Å². The Kier molecular flexibility index (Phi) is 7.41. The zero-order chi connectivity index (χ0) is 26.0. The Morgan fingerprint density at radius 2 is 2.03 bits per heavy atom. The van der Waals surface area contributed by atoms with Crippen molar-refractivity contribution in [2.45, 2.75) is 45.5 Å². The number of alkyl halides is 1. The van der Waals surface area contributed by atoms with Crippen LogP contribution in [0.15, 0.2) is 30.7 Å². The SMILES string of the molecule is CC(C)Nc1c(C(=O)NC[C@@H](F)C(C)(C)O)cnn2cc(-c3ccnc(N4CCOCC4)c3F)cc12. The molecule has 4 rings (SSSR count). The van der Waals surface area contributed by atoms with Gasteiger partial charge < -0.3 is 25.4 Å². The number of halogens is 2. The fourth-order valence-electron chi connectivity index (χ4n) is 4.00. The molecule has 36 heavy (non-hydrogen) atoms. The molecule has 11 heteroatoms. The van der Waals surface area contributed by atoms with Gasteiger partial charge in [0.15, 0.2) is 11.6 Å². The van der Waals surface area contributed by atoms with Crippen LogP contribution in [0.25, 0.3) is 16.6 Å². The molecule has 3 N–H and O–H groups in total. The van der Waals surface area contributed by atoms with Gasteiger partial charge in [-0.2, -0.15) is 5.10 Å². The number of aromatic nitrogens is 3. The van der Waals surface area contributed by atoms with Crippen molar-refractivity contribution >= 4 is 22.9 Å². The molecule has 3 aromatic heterocycles. The van der Waals surface area contributed by atoms with E-state index in [4.69, 9.17) is 4.74 Å². The van der Waals surface area contributed by atoms with Crippen molar-refractivity contribution in [3.8, 4) is 11.1 Å². The fourth-order valence-corrected chi connectivity index (χ4v) is 4.00. The minimum absolute atomic E-state index is 0.0306. The number of fused-ring (bicyclic) bond motifs is 1. The van der Waals surface area contributed by atoms with E-state index in [1.54, 1.807) is 29.0 Å². The van der Waals surface area contributed by atoms with Gasteiger partial charge in [0, 0.05) is 42.7 Å². The maximum absolute atomic E-state index is 15.6. The van der Waals surface area contributed by atoms with E-state index in [2.05, 4.69) is 20.7 Å². The summed E-state index contributed by atoms with van der Waals surface area (Å²) < 4.78 is 36.7. The molecule has 3 aromatic rings. The van der Waals surface area contributed by atoms with E-state index in [0.717, 1.165) is 0 Å². The van der Waals surface area contributed by atoms with E-state index in [1.807, 2.05) is 18.7 Å². The van der Waals surface area contributed by atoms with Gasteiger partial charge in [0.2, 0.25) is 0 Å². The molecular weight excluding hydrogens is 470 g/mol. The van der Waals surface area contributed by atoms with Crippen molar-refractivity contribution in [2.24, 2.45) is 0 Å². The summed E-state index contributed by atoms with van der Waals surface area (Å²) in [5.41, 5.74) is 0.628. The number of hydrogen-bond acceptors (Lipinski definition) is 7. The first-order valence-corrected chi connectivity index (χ1v) is 12.0. The third-order valence-electron chi connectivity index (χ3n) is 6.02. The number of anilines is 2. The quantitative estimate of drug-likeness (QED) is 0.435. The van der Waals surface area contributed by atoms with E-state index < -0.39 is 23.5 Å². The van der Waals surface area contributed by atoms with Crippen LogP contribution in [-0.2, 0) is 4.74 Å². The van der Waals surface area contributed by atoms with Crippen LogP contribution in [0.3, 0.4) is 0 Å². The number of nitrogens with zero attached hydrogens (tertiary/aromatic N) is 4. The number of amides is 1. The van der Waals surface area contributed by atoms with E-state index in [0.29, 0.717) is 48.6 Å². The molecule has 4 heterocycles. The Morgan fingerprint density at radius 1 is 1.31 bits per heavy atom. The molecule has 9 nitrogen and oxygen atoms in total. The second-order valence-corrected chi connectivity index (χ2v) is 9.72. The Bertz CT molecular complexity index is 1230. The predicted octanol–water partition coefficient (Wildman–Crippen LogP) is 3.03. The van der Waals surface area contributed by atoms with Gasteiger partial charge in [0.1, 0.15) is 6.17 Å². The maximum Gasteiger partial charge on any atom is 0.255 e. The number of nitrogens with one attached hydrogen (secondary N) is 2. The van der Waals surface area contributed by atoms with Crippen LogP contribution in [0.4, 0.5) is 20.3 Å². The largest absolute Gasteiger partial charge is 0.387 e. The maximum atomic E-state index is 15.6. The van der Waals surface area contributed by atoms with E-state index in [9.17, 15) is 14.3 Å². The van der Waals surface area contributed by atoms with Crippen LogP contribution in [0.1, 0.15) is 38.1 Å². The average Bonchev–Trinajstić information content (AvgIpc) is 3.27. The lowest BCUT2D eigenvalue weighted by Crippen LogP contribution is -2.42. The smallest absolute Gasteiger partial charge is 0.255 e. The number of rotatable bonds is 8. The van der Waals surface area contributed by atoms with Gasteiger partial charge in [-0.3, -0.25) is 4.79 Å². The summed E-state index contributed by atoms with van der Waals surface area (Å²) in [5, 5.41) is 20.0. The second kappa shape index (κ2) is 10.4. The summed E-state index contributed by atoms with van der Waals surface area (Å²) in [5.74, 6) is -0.702. The first-order valence-electron chi connectivity index (χ1n) is 12.0. The number of pyridine rings is 1. The van der Waals surface area contributed by atoms with E-state index in [-0.39, 0.29) is 24.0 Å². The third kappa shape index (κ3) is 5.41. The molecule has 0 radical (unpaired) electrons. The summed E-state index contributed by atoms with van der Waals surface area (Å²) in [4.78, 5) is 19.0. The lowest BCUT2D eigenvalue weighted by molar-refractivity contribution is -0.00177. The van der Waals surface area contributed by atoms with Crippen LogP contribution < -0.4 is 15.5 Å². The van der Waals surface area contributed by atoms with Crippen molar-refractivity contribution in [3.05, 3.63) is 42.1 Å². The molecular formula is C25H32F2N6O3. The molecule has 1 amide bonds. The standard InChI is InChI=1S/C25H32F2N6O3/c1-15(2)31-22-18(24(34)29-13-20(26)25(3,4)35)12-30-33-14-16(11-19(22)33)17-5-6-28-23(21(17)27)32-7-9-36-10-8-32/h5-6,11-12,14-15,20,31,35H,7-10,13H2,1-4H3,(H,29,34)/t20-/m1/s1. The van der Waals surface area contributed by atoms with Crippen LogP contribution in [0.5, 0.6) is 0 Å². The molecule has 0 aliphatic carbocycles. The molecule has 0 bridgehead atoms. The fraction of sp³-hybridized carbons (Fsp3) is 0.480. The number of ether oxygens (including phenoxy) is 1. The summed E-state index contributed by atoms with van der Waals surface area (Å²) in [6.07, 6.45) is 3.00. The third-order valence-corrected chi connectivity index (χ3v) is 6.02.